The first kappa shape index (κ1) is 14.1. The van der Waals surface area contributed by atoms with Gasteiger partial charge in [0.15, 0.2) is 0 Å². The molecule has 1 N–H and O–H groups in total. The highest BCUT2D eigenvalue weighted by atomic mass is 35.5. The maximum atomic E-state index is 6.09. The minimum atomic E-state index is 0.463. The lowest BCUT2D eigenvalue weighted by atomic mass is 10.2. The molecule has 0 radical (unpaired) electrons. The predicted molar refractivity (Wildman–Crippen MR) is 72.2 cm³/mol. The van der Waals surface area contributed by atoms with Gasteiger partial charge in [-0.2, -0.15) is 0 Å². The zero-order chi connectivity index (χ0) is 12.7. The van der Waals surface area contributed by atoms with E-state index in [2.05, 4.69) is 12.2 Å². The lowest BCUT2D eigenvalue weighted by Crippen LogP contribution is -2.15. The van der Waals surface area contributed by atoms with E-state index in [1.807, 2.05) is 25.1 Å². The van der Waals surface area contributed by atoms with Crippen molar-refractivity contribution in [1.82, 2.24) is 0 Å². The third kappa shape index (κ3) is 4.84. The smallest absolute Gasteiger partial charge is 0.138 e. The minimum Gasteiger partial charge on any atom is -0.492 e. The summed E-state index contributed by atoms with van der Waals surface area (Å²) in [6.07, 6.45) is 0. The Balaban J connectivity index is 2.52. The molecule has 0 saturated heterocycles. The van der Waals surface area contributed by atoms with E-state index < -0.39 is 0 Å². The molecule has 1 atom stereocenters. The standard InChI is InChI=1S/C13H20ClNO2/c1-4-17-13-6-5-11(7-12(13)14)15-8-10(2)9-16-3/h5-7,10,15H,4,8-9H2,1-3H3. The van der Waals surface area contributed by atoms with Crippen LogP contribution in [0.25, 0.3) is 0 Å². The quantitative estimate of drug-likeness (QED) is 0.812. The molecule has 0 fully saturated rings. The second-order valence-electron chi connectivity index (χ2n) is 4.02. The number of methoxy groups -OCH3 is 1. The third-order valence-electron chi connectivity index (χ3n) is 2.34. The van der Waals surface area contributed by atoms with Crippen LogP contribution in [0.1, 0.15) is 13.8 Å². The number of hydrogen-bond donors (Lipinski definition) is 1. The number of hydrogen-bond acceptors (Lipinski definition) is 3. The molecule has 1 rings (SSSR count). The van der Waals surface area contributed by atoms with Crippen molar-refractivity contribution in [2.45, 2.75) is 13.8 Å². The molecule has 4 heteroatoms. The fourth-order valence-electron chi connectivity index (χ4n) is 1.52. The Morgan fingerprint density at radius 1 is 1.41 bits per heavy atom. The Bertz CT molecular complexity index is 344. The fourth-order valence-corrected chi connectivity index (χ4v) is 1.75. The number of benzene rings is 1. The van der Waals surface area contributed by atoms with Crippen molar-refractivity contribution in [3.05, 3.63) is 23.2 Å². The van der Waals surface area contributed by atoms with Crippen LogP contribution in [0.15, 0.2) is 18.2 Å². The van der Waals surface area contributed by atoms with Crippen molar-refractivity contribution in [3.63, 3.8) is 0 Å². The van der Waals surface area contributed by atoms with Gasteiger partial charge < -0.3 is 14.8 Å². The summed E-state index contributed by atoms with van der Waals surface area (Å²) >= 11 is 6.09. The molecule has 0 aliphatic heterocycles. The van der Waals surface area contributed by atoms with Crippen molar-refractivity contribution < 1.29 is 9.47 Å². The van der Waals surface area contributed by atoms with Gasteiger partial charge in [-0.3, -0.25) is 0 Å². The summed E-state index contributed by atoms with van der Waals surface area (Å²) in [6.45, 7) is 6.30. The monoisotopic (exact) mass is 257 g/mol. The maximum Gasteiger partial charge on any atom is 0.138 e. The molecule has 1 aromatic carbocycles. The highest BCUT2D eigenvalue weighted by molar-refractivity contribution is 6.32. The van der Waals surface area contributed by atoms with Crippen molar-refractivity contribution in [1.29, 1.82) is 0 Å². The SMILES string of the molecule is CCOc1ccc(NCC(C)COC)cc1Cl. The molecule has 0 amide bonds. The molecular formula is C13H20ClNO2. The molecule has 0 saturated carbocycles. The zero-order valence-electron chi connectivity index (χ0n) is 10.6. The summed E-state index contributed by atoms with van der Waals surface area (Å²) in [5.41, 5.74) is 1.00. The Morgan fingerprint density at radius 3 is 2.76 bits per heavy atom. The summed E-state index contributed by atoms with van der Waals surface area (Å²) in [5.74, 6) is 1.19. The van der Waals surface area contributed by atoms with E-state index in [0.717, 1.165) is 24.6 Å². The van der Waals surface area contributed by atoms with Gasteiger partial charge in [0.2, 0.25) is 0 Å². The molecule has 17 heavy (non-hydrogen) atoms. The van der Waals surface area contributed by atoms with Crippen LogP contribution in [0.4, 0.5) is 5.69 Å². The number of nitrogens with one attached hydrogen (secondary N) is 1. The number of ether oxygens (including phenoxy) is 2. The second kappa shape index (κ2) is 7.41. The van der Waals surface area contributed by atoms with E-state index in [0.29, 0.717) is 17.5 Å². The van der Waals surface area contributed by atoms with Crippen LogP contribution in [0, 0.1) is 5.92 Å². The van der Waals surface area contributed by atoms with E-state index in [1.165, 1.54) is 0 Å². The molecule has 3 nitrogen and oxygen atoms in total. The normalized spacial score (nSPS) is 12.2. The van der Waals surface area contributed by atoms with Crippen LogP contribution >= 0.6 is 11.6 Å². The predicted octanol–water partition coefficient (Wildman–Crippen LogP) is 3.43. The average molecular weight is 258 g/mol. The van der Waals surface area contributed by atoms with E-state index >= 15 is 0 Å². The lowest BCUT2D eigenvalue weighted by molar-refractivity contribution is 0.164. The van der Waals surface area contributed by atoms with Crippen molar-refractivity contribution >= 4 is 17.3 Å². The van der Waals surface area contributed by atoms with Crippen LogP contribution in [0.5, 0.6) is 5.75 Å². The number of rotatable bonds is 7. The molecule has 1 aromatic rings. The first-order chi connectivity index (χ1) is 8.17. The van der Waals surface area contributed by atoms with E-state index in [4.69, 9.17) is 21.1 Å². The summed E-state index contributed by atoms with van der Waals surface area (Å²) in [4.78, 5) is 0. The van der Waals surface area contributed by atoms with Gasteiger partial charge in [-0.15, -0.1) is 0 Å². The summed E-state index contributed by atoms with van der Waals surface area (Å²) in [7, 11) is 1.71. The van der Waals surface area contributed by atoms with Crippen molar-refractivity contribution in [2.75, 3.05) is 32.2 Å². The van der Waals surface area contributed by atoms with Crippen LogP contribution in [0.3, 0.4) is 0 Å². The Hall–Kier alpha value is -0.930. The Labute approximate surface area is 108 Å². The van der Waals surface area contributed by atoms with Crippen LogP contribution in [-0.2, 0) is 4.74 Å². The second-order valence-corrected chi connectivity index (χ2v) is 4.43. The van der Waals surface area contributed by atoms with Crippen LogP contribution in [0.2, 0.25) is 5.02 Å². The van der Waals surface area contributed by atoms with Crippen LogP contribution in [-0.4, -0.2) is 26.9 Å². The largest absolute Gasteiger partial charge is 0.492 e. The van der Waals surface area contributed by atoms with E-state index in [-0.39, 0.29) is 0 Å². The summed E-state index contributed by atoms with van der Waals surface area (Å²) in [5, 5.41) is 3.95. The van der Waals surface area contributed by atoms with Gasteiger partial charge in [-0.1, -0.05) is 18.5 Å². The minimum absolute atomic E-state index is 0.463. The van der Waals surface area contributed by atoms with Crippen LogP contribution < -0.4 is 10.1 Å². The van der Waals surface area contributed by atoms with Gasteiger partial charge in [0.1, 0.15) is 5.75 Å². The van der Waals surface area contributed by atoms with Gasteiger partial charge in [0.25, 0.3) is 0 Å². The highest BCUT2D eigenvalue weighted by Crippen LogP contribution is 2.27. The summed E-state index contributed by atoms with van der Waals surface area (Å²) in [6, 6.07) is 5.73. The molecule has 0 bridgehead atoms. The molecule has 0 spiro atoms. The summed E-state index contributed by atoms with van der Waals surface area (Å²) < 4.78 is 10.5. The molecule has 96 valence electrons. The average Bonchev–Trinajstić information content (AvgIpc) is 2.30. The molecule has 0 aromatic heterocycles. The number of halogens is 1. The topological polar surface area (TPSA) is 30.5 Å². The lowest BCUT2D eigenvalue weighted by Gasteiger charge is -2.13. The van der Waals surface area contributed by atoms with E-state index in [1.54, 1.807) is 7.11 Å². The van der Waals surface area contributed by atoms with Gasteiger partial charge >= 0.3 is 0 Å². The fraction of sp³-hybridized carbons (Fsp3) is 0.538. The first-order valence-corrected chi connectivity index (χ1v) is 6.20. The van der Waals surface area contributed by atoms with Gasteiger partial charge in [0.05, 0.1) is 18.2 Å². The van der Waals surface area contributed by atoms with Gasteiger partial charge in [-0.25, -0.2) is 0 Å². The Morgan fingerprint density at radius 2 is 2.18 bits per heavy atom. The maximum absolute atomic E-state index is 6.09. The zero-order valence-corrected chi connectivity index (χ0v) is 11.4. The first-order valence-electron chi connectivity index (χ1n) is 5.82. The van der Waals surface area contributed by atoms with Gasteiger partial charge in [0, 0.05) is 19.3 Å². The van der Waals surface area contributed by atoms with Gasteiger partial charge in [-0.05, 0) is 31.0 Å². The Kier molecular flexibility index (Phi) is 6.16. The molecule has 0 aliphatic rings. The molecule has 0 aliphatic carbocycles. The van der Waals surface area contributed by atoms with Crippen molar-refractivity contribution in [3.8, 4) is 5.75 Å². The van der Waals surface area contributed by atoms with E-state index in [9.17, 15) is 0 Å². The molecular weight excluding hydrogens is 238 g/mol. The van der Waals surface area contributed by atoms with Crippen molar-refractivity contribution in [2.24, 2.45) is 5.92 Å². The number of anilines is 1. The molecule has 1 unspecified atom stereocenters. The third-order valence-corrected chi connectivity index (χ3v) is 2.63. The molecule has 0 heterocycles. The highest BCUT2D eigenvalue weighted by Gasteiger charge is 2.04.